The van der Waals surface area contributed by atoms with Gasteiger partial charge in [-0.05, 0) is 40.5 Å². The molecule has 0 saturated heterocycles. The molecule has 0 amide bonds. The minimum absolute atomic E-state index is 0.120. The lowest BCUT2D eigenvalue weighted by Crippen LogP contribution is -2.47. The summed E-state index contributed by atoms with van der Waals surface area (Å²) in [4.78, 5) is 0. The second-order valence-electron chi connectivity index (χ2n) is 6.81. The largest absolute Gasteiger partial charge is 0.743 e. The van der Waals surface area contributed by atoms with Crippen molar-refractivity contribution < 1.29 is 48.2 Å². The monoisotopic (exact) mass is 463 g/mol. The van der Waals surface area contributed by atoms with Gasteiger partial charge in [0.15, 0.2) is 10.1 Å². The van der Waals surface area contributed by atoms with E-state index in [1.165, 1.54) is 30.7 Å². The molecule has 178 valence electrons. The highest BCUT2D eigenvalue weighted by Gasteiger charge is 2.60. The summed E-state index contributed by atoms with van der Waals surface area (Å²) in [6, 6.07) is 0. The van der Waals surface area contributed by atoms with Crippen LogP contribution in [0.15, 0.2) is 0 Å². The maximum atomic E-state index is 12.9. The van der Waals surface area contributed by atoms with Gasteiger partial charge in [-0.25, -0.2) is 8.42 Å². The minimum atomic E-state index is -6.51. The molecule has 0 saturated carbocycles. The van der Waals surface area contributed by atoms with Gasteiger partial charge in [-0.2, -0.15) is 30.7 Å². The average Bonchev–Trinajstić information content (AvgIpc) is 2.59. The highest BCUT2D eigenvalue weighted by molar-refractivity contribution is 7.86. The fourth-order valence-corrected chi connectivity index (χ4v) is 3.16. The van der Waals surface area contributed by atoms with E-state index in [9.17, 15) is 43.7 Å². The molecule has 0 N–H and O–H groups in total. The first-order chi connectivity index (χ1) is 12.9. The molecule has 0 fully saturated rings. The molecule has 0 atom stereocenters. The third-order valence-electron chi connectivity index (χ3n) is 5.12. The molecule has 0 radical (unpaired) electrons. The van der Waals surface area contributed by atoms with Gasteiger partial charge in [0.05, 0.1) is 26.2 Å². The molecule has 0 aliphatic rings. The summed E-state index contributed by atoms with van der Waals surface area (Å²) >= 11 is 0. The summed E-state index contributed by atoms with van der Waals surface area (Å²) < 4.78 is 118. The Morgan fingerprint density at radius 3 is 1.28 bits per heavy atom. The lowest BCUT2D eigenvalue weighted by atomic mass is 10.1. The molecule has 0 bridgehead atoms. The number of quaternary nitrogens is 1. The lowest BCUT2D eigenvalue weighted by Gasteiger charge is -2.34. The predicted molar refractivity (Wildman–Crippen MR) is 95.8 cm³/mol. The van der Waals surface area contributed by atoms with Gasteiger partial charge in [0.25, 0.3) is 0 Å². The molecule has 29 heavy (non-hydrogen) atoms. The van der Waals surface area contributed by atoms with Gasteiger partial charge in [0.1, 0.15) is 0 Å². The number of alkyl halides is 7. The van der Waals surface area contributed by atoms with Crippen molar-refractivity contribution in [1.29, 1.82) is 0 Å². The van der Waals surface area contributed by atoms with E-state index in [2.05, 4.69) is 27.7 Å². The van der Waals surface area contributed by atoms with Crippen molar-refractivity contribution in [3.05, 3.63) is 0 Å². The van der Waals surface area contributed by atoms with E-state index in [1.807, 2.05) is 0 Å². The number of halogens is 7. The van der Waals surface area contributed by atoms with E-state index in [0.29, 0.717) is 0 Å². The number of nitrogens with zero attached hydrogens (tertiary/aromatic N) is 1. The summed E-state index contributed by atoms with van der Waals surface area (Å²) in [6.45, 7) is 14.2. The predicted octanol–water partition coefficient (Wildman–Crippen LogP) is 5.55. The van der Waals surface area contributed by atoms with E-state index in [1.54, 1.807) is 0 Å². The van der Waals surface area contributed by atoms with Crippen LogP contribution >= 0.6 is 0 Å². The maximum Gasteiger partial charge on any atom is 0.396 e. The molecule has 12 heteroatoms. The number of unbranched alkanes of at least 4 members (excludes halogenated alkanes) is 3. The zero-order valence-corrected chi connectivity index (χ0v) is 18.1. The molecule has 0 aliphatic carbocycles. The summed E-state index contributed by atoms with van der Waals surface area (Å²) in [5, 5.41) is -5.73. The maximum absolute atomic E-state index is 12.9. The first-order valence-electron chi connectivity index (χ1n) is 9.58. The van der Waals surface area contributed by atoms with Crippen LogP contribution in [0.3, 0.4) is 0 Å². The minimum Gasteiger partial charge on any atom is -0.743 e. The van der Waals surface area contributed by atoms with Crippen LogP contribution in [-0.2, 0) is 10.1 Å². The lowest BCUT2D eigenvalue weighted by molar-refractivity contribution is -0.921. The topological polar surface area (TPSA) is 57.2 Å². The molecule has 0 aromatic carbocycles. The van der Waals surface area contributed by atoms with Crippen LogP contribution in [0.4, 0.5) is 30.7 Å². The Morgan fingerprint density at radius 2 is 1.03 bits per heavy atom. The van der Waals surface area contributed by atoms with Crippen molar-refractivity contribution >= 4 is 10.1 Å². The molecular formula is C17H32F7NO3S. The third kappa shape index (κ3) is 10.8. The van der Waals surface area contributed by atoms with Crippen molar-refractivity contribution in [1.82, 2.24) is 0 Å². The van der Waals surface area contributed by atoms with E-state index in [-0.39, 0.29) is 19.3 Å². The summed E-state index contributed by atoms with van der Waals surface area (Å²) in [7, 11) is -6.51. The first kappa shape index (κ1) is 30.6. The van der Waals surface area contributed by atoms with Gasteiger partial charge in [-0.15, -0.1) is 0 Å². The van der Waals surface area contributed by atoms with Crippen LogP contribution in [0.1, 0.15) is 66.2 Å². The van der Waals surface area contributed by atoms with Crippen LogP contribution in [-0.4, -0.2) is 61.0 Å². The van der Waals surface area contributed by atoms with Crippen LogP contribution in [0.25, 0.3) is 0 Å². The van der Waals surface area contributed by atoms with Crippen molar-refractivity contribution in [2.45, 2.75) is 83.6 Å². The Kier molecular flexibility index (Phi) is 13.0. The molecule has 0 heterocycles. The van der Waals surface area contributed by atoms with Crippen LogP contribution in [0, 0.1) is 0 Å². The van der Waals surface area contributed by atoms with Gasteiger partial charge in [0.2, 0.25) is 0 Å². The molecule has 0 aliphatic heterocycles. The van der Waals surface area contributed by atoms with Gasteiger partial charge >= 0.3 is 17.4 Å². The van der Waals surface area contributed by atoms with Crippen LogP contribution in [0.2, 0.25) is 0 Å². The molecular weight excluding hydrogens is 431 g/mol. The Hall–Kier alpha value is -0.620. The SMILES string of the molecule is CC[N+](CC)(CC)CC.O=S(=O)([O-])C(F)(F)C(F)(F)CCCCCCC(F)(F)F. The quantitative estimate of drug-likeness (QED) is 0.165. The molecule has 0 aromatic heterocycles. The van der Waals surface area contributed by atoms with E-state index < -0.39 is 46.7 Å². The standard InChI is InChI=1S/C9H13F7O3S.C8H20N/c10-7(11,9(15,16)20(17,18)19)5-3-1-2-4-6-8(12,13)14;1-5-9(6-2,7-3)8-4/h1-6H2,(H,17,18,19);5-8H2,1-4H3/q;+1/p-1. The summed E-state index contributed by atoms with van der Waals surface area (Å²) in [5.41, 5.74) is 0. The van der Waals surface area contributed by atoms with Gasteiger partial charge in [-0.1, -0.05) is 12.8 Å². The fraction of sp³-hybridized carbons (Fsp3) is 1.00. The highest BCUT2D eigenvalue weighted by Crippen LogP contribution is 2.41. The van der Waals surface area contributed by atoms with Crippen LogP contribution < -0.4 is 0 Å². The van der Waals surface area contributed by atoms with E-state index >= 15 is 0 Å². The second kappa shape index (κ2) is 12.3. The van der Waals surface area contributed by atoms with Crippen LogP contribution in [0.5, 0.6) is 0 Å². The van der Waals surface area contributed by atoms with Crippen molar-refractivity contribution in [2.75, 3.05) is 26.2 Å². The van der Waals surface area contributed by atoms with Gasteiger partial charge in [0, 0.05) is 12.8 Å². The fourth-order valence-electron chi connectivity index (χ4n) is 2.70. The molecule has 0 unspecified atom stereocenters. The Bertz CT molecular complexity index is 530. The van der Waals surface area contributed by atoms with Crippen molar-refractivity contribution in [3.8, 4) is 0 Å². The normalized spacial score (nSPS) is 13.8. The summed E-state index contributed by atoms with van der Waals surface area (Å²) in [6.07, 6.45) is -8.37. The third-order valence-corrected chi connectivity index (χ3v) is 6.05. The molecule has 0 rings (SSSR count). The van der Waals surface area contributed by atoms with E-state index in [4.69, 9.17) is 0 Å². The van der Waals surface area contributed by atoms with Crippen molar-refractivity contribution in [3.63, 3.8) is 0 Å². The molecule has 0 aromatic rings. The number of hydrogen-bond acceptors (Lipinski definition) is 3. The number of hydrogen-bond donors (Lipinski definition) is 0. The highest BCUT2D eigenvalue weighted by atomic mass is 32.2. The summed E-state index contributed by atoms with van der Waals surface area (Å²) in [5.74, 6) is -5.04. The zero-order chi connectivity index (χ0) is 23.6. The molecule has 4 nitrogen and oxygen atoms in total. The van der Waals surface area contributed by atoms with E-state index in [0.717, 1.165) is 0 Å². The smallest absolute Gasteiger partial charge is 0.396 e. The first-order valence-corrected chi connectivity index (χ1v) is 11.0. The Labute approximate surface area is 168 Å². The van der Waals surface area contributed by atoms with Gasteiger partial charge < -0.3 is 9.04 Å². The average molecular weight is 464 g/mol. The number of rotatable bonds is 12. The van der Waals surface area contributed by atoms with Crippen molar-refractivity contribution in [2.24, 2.45) is 0 Å². The molecule has 0 spiro atoms. The Balaban J connectivity index is 0. The zero-order valence-electron chi connectivity index (χ0n) is 17.3. The van der Waals surface area contributed by atoms with Gasteiger partial charge in [-0.3, -0.25) is 0 Å². The second-order valence-corrected chi connectivity index (χ2v) is 8.23. The Morgan fingerprint density at radius 1 is 0.690 bits per heavy atom.